The first-order valence-corrected chi connectivity index (χ1v) is 11.3. The summed E-state index contributed by atoms with van der Waals surface area (Å²) in [6, 6.07) is 12.5. The number of carbonyl (C=O) groups is 2. The lowest BCUT2D eigenvalue weighted by molar-refractivity contribution is -0.132. The van der Waals surface area contributed by atoms with Crippen LogP contribution in [0, 0.1) is 0 Å². The summed E-state index contributed by atoms with van der Waals surface area (Å²) in [6.45, 7) is 0. The van der Waals surface area contributed by atoms with Gasteiger partial charge in [0.05, 0.1) is 40.9 Å². The Morgan fingerprint density at radius 3 is 2.20 bits per heavy atom. The van der Waals surface area contributed by atoms with Gasteiger partial charge in [-0.15, -0.1) is 0 Å². The Morgan fingerprint density at radius 1 is 0.914 bits per heavy atom. The van der Waals surface area contributed by atoms with Crippen molar-refractivity contribution in [3.8, 4) is 17.2 Å². The predicted molar refractivity (Wildman–Crippen MR) is 134 cm³/mol. The standard InChI is InChI=1S/C25H18Cl3NO6/c1-34-15-5-3-4-14(11-15)29-21(12-6-7-19(30)16(26)8-12)20(23(32)25(29)33)22(31)13-9-17(27)24(35-2)18(28)10-13/h3-11,21,30-31H,1-2H3/b22-20+. The van der Waals surface area contributed by atoms with Crippen LogP contribution in [-0.4, -0.2) is 36.1 Å². The lowest BCUT2D eigenvalue weighted by atomic mass is 9.95. The molecule has 7 nitrogen and oxygen atoms in total. The fraction of sp³-hybridized carbons (Fsp3) is 0.120. The number of phenolic OH excluding ortho intramolecular Hbond substituents is 1. The molecule has 1 fully saturated rings. The Morgan fingerprint density at radius 2 is 1.60 bits per heavy atom. The number of benzene rings is 3. The molecular weight excluding hydrogens is 517 g/mol. The van der Waals surface area contributed by atoms with Crippen molar-refractivity contribution in [1.29, 1.82) is 0 Å². The predicted octanol–water partition coefficient (Wildman–Crippen LogP) is 6.00. The number of hydrogen-bond acceptors (Lipinski definition) is 6. The fourth-order valence-electron chi connectivity index (χ4n) is 3.91. The van der Waals surface area contributed by atoms with Crippen molar-refractivity contribution >= 4 is 57.9 Å². The third-order valence-corrected chi connectivity index (χ3v) is 6.40. The highest BCUT2D eigenvalue weighted by Gasteiger charge is 2.47. The van der Waals surface area contributed by atoms with Crippen LogP contribution in [0.15, 0.2) is 60.2 Å². The third kappa shape index (κ3) is 4.38. The van der Waals surface area contributed by atoms with Gasteiger partial charge in [0.1, 0.15) is 17.3 Å². The maximum absolute atomic E-state index is 13.3. The van der Waals surface area contributed by atoms with E-state index in [-0.39, 0.29) is 37.7 Å². The molecule has 1 atom stereocenters. The molecular formula is C25H18Cl3NO6. The average molecular weight is 535 g/mol. The number of aliphatic hydroxyl groups is 1. The maximum Gasteiger partial charge on any atom is 0.300 e. The summed E-state index contributed by atoms with van der Waals surface area (Å²) in [6.07, 6.45) is 0. The molecule has 3 aromatic rings. The minimum atomic E-state index is -1.08. The normalized spacial score (nSPS) is 17.1. The number of aromatic hydroxyl groups is 1. The van der Waals surface area contributed by atoms with E-state index in [2.05, 4.69) is 0 Å². The zero-order chi connectivity index (χ0) is 25.4. The number of amides is 1. The number of phenols is 1. The van der Waals surface area contributed by atoms with Crippen molar-refractivity contribution < 1.29 is 29.3 Å². The summed E-state index contributed by atoms with van der Waals surface area (Å²) in [5, 5.41) is 21.4. The second kappa shape index (κ2) is 9.70. The van der Waals surface area contributed by atoms with Crippen LogP contribution in [0.3, 0.4) is 0 Å². The van der Waals surface area contributed by atoms with E-state index in [0.29, 0.717) is 17.0 Å². The molecule has 0 aromatic heterocycles. The number of anilines is 1. The maximum atomic E-state index is 13.3. The van der Waals surface area contributed by atoms with Gasteiger partial charge in [-0.1, -0.05) is 46.9 Å². The van der Waals surface area contributed by atoms with E-state index in [9.17, 15) is 19.8 Å². The van der Waals surface area contributed by atoms with Crippen LogP contribution in [0.25, 0.3) is 5.76 Å². The molecule has 2 N–H and O–H groups in total. The molecule has 0 radical (unpaired) electrons. The number of halogens is 3. The van der Waals surface area contributed by atoms with E-state index in [0.717, 1.165) is 0 Å². The smallest absolute Gasteiger partial charge is 0.300 e. The SMILES string of the molecule is COc1cccc(N2C(=O)C(=O)/C(=C(/O)c3cc(Cl)c(OC)c(Cl)c3)C2c2ccc(O)c(Cl)c2)c1. The summed E-state index contributed by atoms with van der Waals surface area (Å²) >= 11 is 18.6. The number of rotatable bonds is 5. The van der Waals surface area contributed by atoms with Gasteiger partial charge in [-0.25, -0.2) is 0 Å². The van der Waals surface area contributed by atoms with E-state index in [4.69, 9.17) is 44.3 Å². The van der Waals surface area contributed by atoms with Crippen LogP contribution in [0.1, 0.15) is 17.2 Å². The molecule has 1 amide bonds. The molecule has 4 rings (SSSR count). The summed E-state index contributed by atoms with van der Waals surface area (Å²) < 4.78 is 10.4. The number of aliphatic hydroxyl groups excluding tert-OH is 1. The molecule has 1 unspecified atom stereocenters. The minimum absolute atomic E-state index is 0.00858. The van der Waals surface area contributed by atoms with E-state index >= 15 is 0 Å². The van der Waals surface area contributed by atoms with Crippen LogP contribution in [0.4, 0.5) is 5.69 Å². The Balaban J connectivity index is 1.98. The van der Waals surface area contributed by atoms with Gasteiger partial charge in [-0.3, -0.25) is 14.5 Å². The summed E-state index contributed by atoms with van der Waals surface area (Å²) in [5.41, 5.74) is 0.628. The summed E-state index contributed by atoms with van der Waals surface area (Å²) in [4.78, 5) is 27.8. The van der Waals surface area contributed by atoms with Crippen LogP contribution < -0.4 is 14.4 Å². The number of methoxy groups -OCH3 is 2. The van der Waals surface area contributed by atoms with Gasteiger partial charge in [-0.05, 0) is 42.0 Å². The van der Waals surface area contributed by atoms with Crippen LogP contribution in [0.2, 0.25) is 15.1 Å². The van der Waals surface area contributed by atoms with Crippen molar-refractivity contribution in [2.75, 3.05) is 19.1 Å². The topological polar surface area (TPSA) is 96.3 Å². The molecule has 3 aromatic carbocycles. The van der Waals surface area contributed by atoms with Gasteiger partial charge in [0.15, 0.2) is 5.75 Å². The summed E-state index contributed by atoms with van der Waals surface area (Å²) in [5.74, 6) is -1.82. The number of hydrogen-bond donors (Lipinski definition) is 2. The van der Waals surface area contributed by atoms with Gasteiger partial charge < -0.3 is 19.7 Å². The molecule has 0 saturated carbocycles. The zero-order valence-electron chi connectivity index (χ0n) is 18.4. The summed E-state index contributed by atoms with van der Waals surface area (Å²) in [7, 11) is 2.86. The molecule has 1 saturated heterocycles. The second-order valence-electron chi connectivity index (χ2n) is 7.55. The number of carbonyl (C=O) groups excluding carboxylic acids is 2. The van der Waals surface area contributed by atoms with Crippen molar-refractivity contribution in [2.24, 2.45) is 0 Å². The fourth-order valence-corrected chi connectivity index (χ4v) is 4.75. The molecule has 1 heterocycles. The number of Topliss-reactive ketones (excluding diaryl/α,β-unsaturated/α-hetero) is 1. The first kappa shape index (κ1) is 24.7. The quantitative estimate of drug-likeness (QED) is 0.237. The molecule has 35 heavy (non-hydrogen) atoms. The van der Waals surface area contributed by atoms with Gasteiger partial charge in [0, 0.05) is 17.3 Å². The van der Waals surface area contributed by atoms with E-state index in [1.165, 1.54) is 49.5 Å². The van der Waals surface area contributed by atoms with Crippen LogP contribution >= 0.6 is 34.8 Å². The Labute approximate surface area is 215 Å². The van der Waals surface area contributed by atoms with Crippen molar-refractivity contribution in [3.05, 3.63) is 86.4 Å². The highest BCUT2D eigenvalue weighted by Crippen LogP contribution is 2.45. The molecule has 180 valence electrons. The van der Waals surface area contributed by atoms with Gasteiger partial charge in [0.2, 0.25) is 0 Å². The molecule has 10 heteroatoms. The first-order chi connectivity index (χ1) is 16.7. The zero-order valence-corrected chi connectivity index (χ0v) is 20.6. The average Bonchev–Trinajstić information content (AvgIpc) is 3.10. The van der Waals surface area contributed by atoms with E-state index < -0.39 is 23.5 Å². The molecule has 1 aliphatic heterocycles. The molecule has 0 spiro atoms. The first-order valence-electron chi connectivity index (χ1n) is 10.1. The van der Waals surface area contributed by atoms with Crippen LogP contribution in [-0.2, 0) is 9.59 Å². The molecule has 1 aliphatic rings. The van der Waals surface area contributed by atoms with Crippen molar-refractivity contribution in [2.45, 2.75) is 6.04 Å². The lowest BCUT2D eigenvalue weighted by Gasteiger charge is -2.26. The second-order valence-corrected chi connectivity index (χ2v) is 8.78. The highest BCUT2D eigenvalue weighted by atomic mass is 35.5. The minimum Gasteiger partial charge on any atom is -0.507 e. The van der Waals surface area contributed by atoms with Gasteiger partial charge >= 0.3 is 0 Å². The van der Waals surface area contributed by atoms with Gasteiger partial charge in [-0.2, -0.15) is 0 Å². The van der Waals surface area contributed by atoms with Crippen molar-refractivity contribution in [1.82, 2.24) is 0 Å². The van der Waals surface area contributed by atoms with E-state index in [1.54, 1.807) is 24.3 Å². The number of ether oxygens (including phenoxy) is 2. The van der Waals surface area contributed by atoms with Crippen LogP contribution in [0.5, 0.6) is 17.2 Å². The monoisotopic (exact) mass is 533 g/mol. The number of nitrogens with zero attached hydrogens (tertiary/aromatic N) is 1. The lowest BCUT2D eigenvalue weighted by Crippen LogP contribution is -2.29. The Kier molecular flexibility index (Phi) is 6.85. The molecule has 0 aliphatic carbocycles. The number of ketones is 1. The largest absolute Gasteiger partial charge is 0.507 e. The molecule has 0 bridgehead atoms. The Hall–Kier alpha value is -3.39. The highest BCUT2D eigenvalue weighted by molar-refractivity contribution is 6.52. The van der Waals surface area contributed by atoms with Crippen molar-refractivity contribution in [3.63, 3.8) is 0 Å². The third-order valence-electron chi connectivity index (χ3n) is 5.54. The van der Waals surface area contributed by atoms with Gasteiger partial charge in [0.25, 0.3) is 11.7 Å². The Bertz CT molecular complexity index is 1360. The van der Waals surface area contributed by atoms with E-state index in [1.807, 2.05) is 0 Å².